The maximum Gasteiger partial charge on any atom is 0.335 e. The number of carbonyl (C=O) groups is 1. The molecular formula is C18H18O3. The van der Waals surface area contributed by atoms with Gasteiger partial charge in [0.15, 0.2) is 0 Å². The summed E-state index contributed by atoms with van der Waals surface area (Å²) in [7, 11) is 0. The van der Waals surface area contributed by atoms with Crippen molar-refractivity contribution in [3.05, 3.63) is 64.7 Å². The van der Waals surface area contributed by atoms with Crippen LogP contribution in [0.3, 0.4) is 0 Å². The first-order valence-electron chi connectivity index (χ1n) is 7.07. The van der Waals surface area contributed by atoms with Crippen molar-refractivity contribution in [1.82, 2.24) is 0 Å². The molecule has 0 aromatic heterocycles. The summed E-state index contributed by atoms with van der Waals surface area (Å²) in [5, 5.41) is 9.30. The van der Waals surface area contributed by atoms with Gasteiger partial charge in [0.2, 0.25) is 0 Å². The van der Waals surface area contributed by atoms with Gasteiger partial charge < -0.3 is 9.84 Å². The highest BCUT2D eigenvalue weighted by Crippen LogP contribution is 2.39. The number of carboxylic acid groups (broad SMARTS) is 1. The second-order valence-electron chi connectivity index (χ2n) is 6.13. The van der Waals surface area contributed by atoms with E-state index in [1.54, 1.807) is 12.1 Å². The summed E-state index contributed by atoms with van der Waals surface area (Å²) in [6, 6.07) is 13.5. The highest BCUT2D eigenvalue weighted by Gasteiger charge is 2.32. The van der Waals surface area contributed by atoms with Crippen LogP contribution in [0, 0.1) is 0 Å². The molecule has 0 amide bonds. The Morgan fingerprint density at radius 1 is 1.24 bits per heavy atom. The maximum absolute atomic E-state index is 11.3. The molecule has 0 fully saturated rings. The summed E-state index contributed by atoms with van der Waals surface area (Å²) in [6.45, 7) is 4.06. The molecule has 21 heavy (non-hydrogen) atoms. The smallest absolute Gasteiger partial charge is 0.335 e. The molecule has 3 nitrogen and oxygen atoms in total. The lowest BCUT2D eigenvalue weighted by molar-refractivity contribution is 0.0696. The quantitative estimate of drug-likeness (QED) is 0.934. The Bertz CT molecular complexity index is 687. The third-order valence-corrected chi connectivity index (χ3v) is 3.72. The molecule has 0 unspecified atom stereocenters. The van der Waals surface area contributed by atoms with E-state index in [0.29, 0.717) is 12.0 Å². The van der Waals surface area contributed by atoms with Gasteiger partial charge in [-0.15, -0.1) is 0 Å². The van der Waals surface area contributed by atoms with E-state index in [-0.39, 0.29) is 5.60 Å². The maximum atomic E-state index is 11.3. The van der Waals surface area contributed by atoms with Crippen molar-refractivity contribution in [1.29, 1.82) is 0 Å². The van der Waals surface area contributed by atoms with E-state index in [4.69, 9.17) is 4.74 Å². The molecular weight excluding hydrogens is 264 g/mol. The highest BCUT2D eigenvalue weighted by atomic mass is 16.5. The van der Waals surface area contributed by atoms with E-state index in [0.717, 1.165) is 28.9 Å². The Kier molecular flexibility index (Phi) is 3.20. The summed E-state index contributed by atoms with van der Waals surface area (Å²) < 4.78 is 6.04. The number of carboxylic acids is 1. The number of hydrogen-bond donors (Lipinski definition) is 1. The van der Waals surface area contributed by atoms with Crippen LogP contribution in [0.2, 0.25) is 0 Å². The van der Waals surface area contributed by atoms with Gasteiger partial charge in [-0.1, -0.05) is 30.3 Å². The fraction of sp³-hybridized carbons (Fsp3) is 0.278. The van der Waals surface area contributed by atoms with Crippen LogP contribution in [0.15, 0.2) is 42.5 Å². The van der Waals surface area contributed by atoms with E-state index >= 15 is 0 Å². The molecule has 0 atom stereocenters. The molecule has 0 bridgehead atoms. The average molecular weight is 282 g/mol. The van der Waals surface area contributed by atoms with E-state index < -0.39 is 5.97 Å². The summed E-state index contributed by atoms with van der Waals surface area (Å²) in [5.74, 6) is -0.0364. The van der Waals surface area contributed by atoms with Crippen LogP contribution in [0.1, 0.15) is 40.9 Å². The van der Waals surface area contributed by atoms with Crippen molar-refractivity contribution >= 4 is 5.97 Å². The van der Waals surface area contributed by atoms with Crippen LogP contribution in [0.25, 0.3) is 0 Å². The number of ether oxygens (including phenoxy) is 1. The van der Waals surface area contributed by atoms with Crippen molar-refractivity contribution in [3.8, 4) is 5.75 Å². The Morgan fingerprint density at radius 2 is 1.95 bits per heavy atom. The van der Waals surface area contributed by atoms with Gasteiger partial charge in [-0.2, -0.15) is 0 Å². The van der Waals surface area contributed by atoms with Gasteiger partial charge in [0.05, 0.1) is 5.56 Å². The molecule has 1 aliphatic rings. The monoisotopic (exact) mass is 282 g/mol. The second-order valence-corrected chi connectivity index (χ2v) is 6.13. The Labute approximate surface area is 124 Å². The molecule has 2 aromatic rings. The number of rotatable bonds is 3. The number of aromatic carboxylic acids is 1. The van der Waals surface area contributed by atoms with Crippen LogP contribution < -0.4 is 4.74 Å². The van der Waals surface area contributed by atoms with Gasteiger partial charge in [0.1, 0.15) is 11.4 Å². The number of fused-ring (bicyclic) bond motifs is 1. The fourth-order valence-corrected chi connectivity index (χ4v) is 2.86. The minimum Gasteiger partial charge on any atom is -0.487 e. The zero-order valence-corrected chi connectivity index (χ0v) is 12.2. The van der Waals surface area contributed by atoms with Gasteiger partial charge >= 0.3 is 5.97 Å². The zero-order valence-electron chi connectivity index (χ0n) is 12.2. The standard InChI is InChI=1S/C18H18O3/c1-18(2)11-15-10-14(17(19)20)9-13(16(15)21-18)8-12-6-4-3-5-7-12/h3-7,9-10H,8,11H2,1-2H3,(H,19,20). The van der Waals surface area contributed by atoms with Crippen molar-refractivity contribution in [2.45, 2.75) is 32.3 Å². The minimum atomic E-state index is -0.892. The molecule has 2 aromatic carbocycles. The number of benzene rings is 2. The predicted molar refractivity (Wildman–Crippen MR) is 81.1 cm³/mol. The van der Waals surface area contributed by atoms with Crippen LogP contribution in [0.4, 0.5) is 0 Å². The SMILES string of the molecule is CC1(C)Cc2cc(C(=O)O)cc(Cc3ccccc3)c2O1. The van der Waals surface area contributed by atoms with Crippen molar-refractivity contribution in [2.75, 3.05) is 0 Å². The average Bonchev–Trinajstić information content (AvgIpc) is 2.74. The van der Waals surface area contributed by atoms with Gasteiger partial charge in [-0.05, 0) is 42.7 Å². The van der Waals surface area contributed by atoms with Crippen molar-refractivity contribution in [2.24, 2.45) is 0 Å². The van der Waals surface area contributed by atoms with Crippen LogP contribution in [-0.4, -0.2) is 16.7 Å². The van der Waals surface area contributed by atoms with E-state index in [1.807, 2.05) is 44.2 Å². The number of hydrogen-bond acceptors (Lipinski definition) is 2. The molecule has 3 rings (SSSR count). The first-order chi connectivity index (χ1) is 9.94. The minimum absolute atomic E-state index is 0.273. The molecule has 0 aliphatic carbocycles. The van der Waals surface area contributed by atoms with Crippen LogP contribution in [0.5, 0.6) is 5.75 Å². The summed E-state index contributed by atoms with van der Waals surface area (Å²) in [6.07, 6.45) is 1.42. The fourth-order valence-electron chi connectivity index (χ4n) is 2.86. The molecule has 1 heterocycles. The summed E-state index contributed by atoms with van der Waals surface area (Å²) in [5.41, 5.74) is 3.15. The first kappa shape index (κ1) is 13.7. The largest absolute Gasteiger partial charge is 0.487 e. The Hall–Kier alpha value is -2.29. The molecule has 3 heteroatoms. The third kappa shape index (κ3) is 2.77. The summed E-state index contributed by atoms with van der Waals surface area (Å²) >= 11 is 0. The molecule has 108 valence electrons. The molecule has 0 saturated heterocycles. The first-order valence-corrected chi connectivity index (χ1v) is 7.07. The van der Waals surface area contributed by atoms with Crippen molar-refractivity contribution < 1.29 is 14.6 Å². The topological polar surface area (TPSA) is 46.5 Å². The lowest BCUT2D eigenvalue weighted by Gasteiger charge is -2.18. The molecule has 0 saturated carbocycles. The second kappa shape index (κ2) is 4.92. The Balaban J connectivity index is 2.05. The predicted octanol–water partition coefficient (Wildman–Crippen LogP) is 3.69. The lowest BCUT2D eigenvalue weighted by Crippen LogP contribution is -2.24. The van der Waals surface area contributed by atoms with Crippen LogP contribution >= 0.6 is 0 Å². The van der Waals surface area contributed by atoms with Crippen LogP contribution in [-0.2, 0) is 12.8 Å². The zero-order chi connectivity index (χ0) is 15.0. The third-order valence-electron chi connectivity index (χ3n) is 3.72. The molecule has 0 spiro atoms. The summed E-state index contributed by atoms with van der Waals surface area (Å²) in [4.78, 5) is 11.3. The lowest BCUT2D eigenvalue weighted by atomic mass is 9.95. The Morgan fingerprint density at radius 3 is 2.62 bits per heavy atom. The van der Waals surface area contributed by atoms with Crippen molar-refractivity contribution in [3.63, 3.8) is 0 Å². The highest BCUT2D eigenvalue weighted by molar-refractivity contribution is 5.88. The van der Waals surface area contributed by atoms with Gasteiger partial charge in [0.25, 0.3) is 0 Å². The van der Waals surface area contributed by atoms with E-state index in [2.05, 4.69) is 0 Å². The molecule has 1 N–H and O–H groups in total. The molecule has 1 aliphatic heterocycles. The van der Waals surface area contributed by atoms with E-state index in [1.165, 1.54) is 0 Å². The normalized spacial score (nSPS) is 15.3. The molecule has 0 radical (unpaired) electrons. The van der Waals surface area contributed by atoms with Gasteiger partial charge in [-0.3, -0.25) is 0 Å². The van der Waals surface area contributed by atoms with Gasteiger partial charge in [-0.25, -0.2) is 4.79 Å². The van der Waals surface area contributed by atoms with Gasteiger partial charge in [0, 0.05) is 12.8 Å². The van der Waals surface area contributed by atoms with E-state index in [9.17, 15) is 9.90 Å².